The van der Waals surface area contributed by atoms with Gasteiger partial charge in [0.15, 0.2) is 0 Å². The van der Waals surface area contributed by atoms with Crippen molar-refractivity contribution in [2.24, 2.45) is 0 Å². The van der Waals surface area contributed by atoms with Gasteiger partial charge >= 0.3 is 0 Å². The number of phenolic OH excluding ortho intramolecular Hbond substituents is 1. The summed E-state index contributed by atoms with van der Waals surface area (Å²) < 4.78 is 6.70. The first kappa shape index (κ1) is 28.3. The van der Waals surface area contributed by atoms with E-state index in [0.717, 1.165) is 0 Å². The summed E-state index contributed by atoms with van der Waals surface area (Å²) in [6.07, 6.45) is 3.21. The van der Waals surface area contributed by atoms with Crippen LogP contribution in [-0.4, -0.2) is 59.1 Å². The molecule has 0 spiro atoms. The molecule has 10 nitrogen and oxygen atoms in total. The number of halogens is 1. The lowest BCUT2D eigenvalue weighted by Gasteiger charge is -2.15. The lowest BCUT2D eigenvalue weighted by Crippen LogP contribution is -2.27. The number of nitrogens with zero attached hydrogens (tertiary/aromatic N) is 3. The van der Waals surface area contributed by atoms with Gasteiger partial charge in [0.25, 0.3) is 17.4 Å². The Bertz CT molecular complexity index is 1580. The maximum absolute atomic E-state index is 13.1. The van der Waals surface area contributed by atoms with E-state index in [1.807, 2.05) is 19.0 Å². The van der Waals surface area contributed by atoms with Crippen LogP contribution in [0.1, 0.15) is 20.7 Å². The number of aromatic nitrogens is 2. The van der Waals surface area contributed by atoms with Crippen molar-refractivity contribution >= 4 is 34.8 Å². The summed E-state index contributed by atoms with van der Waals surface area (Å²) in [6.45, 7) is 1.21. The molecule has 206 valence electrons. The monoisotopic (exact) mass is 561 g/mol. The second kappa shape index (κ2) is 12.5. The Hall–Kier alpha value is -4.67. The molecule has 0 unspecified atom stereocenters. The number of amides is 2. The molecule has 0 aliphatic carbocycles. The van der Waals surface area contributed by atoms with Crippen LogP contribution in [0.5, 0.6) is 11.5 Å². The zero-order chi connectivity index (χ0) is 28.8. The zero-order valence-electron chi connectivity index (χ0n) is 22.1. The third-order valence-electron chi connectivity index (χ3n) is 6.04. The second-order valence-electron chi connectivity index (χ2n) is 9.14. The van der Waals surface area contributed by atoms with Gasteiger partial charge in [0, 0.05) is 53.3 Å². The number of hydrogen-bond acceptors (Lipinski definition) is 7. The molecule has 0 saturated carbocycles. The quantitative estimate of drug-likeness (QED) is 0.259. The van der Waals surface area contributed by atoms with Crippen LogP contribution in [0.2, 0.25) is 5.02 Å². The largest absolute Gasteiger partial charge is 0.506 e. The highest BCUT2D eigenvalue weighted by atomic mass is 35.5. The third kappa shape index (κ3) is 6.66. The molecule has 4 rings (SSSR count). The van der Waals surface area contributed by atoms with Crippen molar-refractivity contribution in [1.82, 2.24) is 14.5 Å². The zero-order valence-corrected chi connectivity index (χ0v) is 22.9. The van der Waals surface area contributed by atoms with E-state index >= 15 is 0 Å². The lowest BCUT2D eigenvalue weighted by molar-refractivity contribution is 0.101. The molecular weight excluding hydrogens is 534 g/mol. The Morgan fingerprint density at radius 1 is 1.00 bits per heavy atom. The van der Waals surface area contributed by atoms with Crippen molar-refractivity contribution in [1.29, 1.82) is 0 Å². The number of carbonyl (C=O) groups is 2. The van der Waals surface area contributed by atoms with E-state index in [0.29, 0.717) is 30.0 Å². The molecule has 0 radical (unpaired) electrons. The summed E-state index contributed by atoms with van der Waals surface area (Å²) in [5.74, 6) is -0.757. The first-order chi connectivity index (χ1) is 19.2. The van der Waals surface area contributed by atoms with Crippen molar-refractivity contribution in [2.75, 3.05) is 38.4 Å². The molecule has 11 heteroatoms. The minimum Gasteiger partial charge on any atom is -0.506 e. The first-order valence-electron chi connectivity index (χ1n) is 12.3. The van der Waals surface area contributed by atoms with Crippen LogP contribution in [0.25, 0.3) is 11.3 Å². The number of aromatic hydroxyl groups is 1. The number of anilines is 2. The Morgan fingerprint density at radius 3 is 2.25 bits per heavy atom. The average molecular weight is 562 g/mol. The summed E-state index contributed by atoms with van der Waals surface area (Å²) in [5, 5.41) is 16.0. The fourth-order valence-electron chi connectivity index (χ4n) is 3.85. The summed E-state index contributed by atoms with van der Waals surface area (Å²) >= 11 is 6.10. The summed E-state index contributed by atoms with van der Waals surface area (Å²) in [7, 11) is 5.38. The van der Waals surface area contributed by atoms with Gasteiger partial charge in [-0.1, -0.05) is 23.7 Å². The number of carbonyl (C=O) groups excluding carboxylic acids is 2. The highest BCUT2D eigenvalue weighted by molar-refractivity contribution is 6.31. The molecule has 0 atom stereocenters. The summed E-state index contributed by atoms with van der Waals surface area (Å²) in [4.78, 5) is 45.0. The van der Waals surface area contributed by atoms with Crippen LogP contribution in [0, 0.1) is 0 Å². The molecule has 1 aromatic heterocycles. The average Bonchev–Trinajstić information content (AvgIpc) is 2.94. The van der Waals surface area contributed by atoms with Crippen molar-refractivity contribution in [3.8, 4) is 22.8 Å². The molecule has 0 fully saturated rings. The molecule has 4 aromatic rings. The van der Waals surface area contributed by atoms with E-state index < -0.39 is 11.8 Å². The molecule has 40 heavy (non-hydrogen) atoms. The van der Waals surface area contributed by atoms with E-state index in [9.17, 15) is 19.5 Å². The standard InChI is InChI=1S/C29H28ClN5O5/c1-34(2)14-15-35-13-12-31-25(29(35)39)18-4-6-19(7-5-18)28(38)33-26-23(16-21(30)17-24(26)36)32-27(37)20-8-10-22(40-3)11-9-20/h4-13,16-17,36H,14-15H2,1-3H3,(H,32,37)(H,33,38). The molecule has 0 saturated heterocycles. The number of phenols is 1. The van der Waals surface area contributed by atoms with E-state index in [2.05, 4.69) is 15.6 Å². The molecule has 3 N–H and O–H groups in total. The minimum absolute atomic E-state index is 0.0196. The van der Waals surface area contributed by atoms with Gasteiger partial charge in [-0.25, -0.2) is 4.98 Å². The van der Waals surface area contributed by atoms with Gasteiger partial charge in [-0.3, -0.25) is 14.4 Å². The fraction of sp³-hybridized carbons (Fsp3) is 0.172. The molecule has 1 heterocycles. The van der Waals surface area contributed by atoms with Crippen molar-refractivity contribution < 1.29 is 19.4 Å². The van der Waals surface area contributed by atoms with Crippen LogP contribution >= 0.6 is 11.6 Å². The number of hydrogen-bond donors (Lipinski definition) is 3. The topological polar surface area (TPSA) is 126 Å². The van der Waals surface area contributed by atoms with Crippen molar-refractivity contribution in [3.05, 3.63) is 99.6 Å². The van der Waals surface area contributed by atoms with Crippen LogP contribution in [0.3, 0.4) is 0 Å². The number of likely N-dealkylation sites (N-methyl/N-ethyl adjacent to an activating group) is 1. The number of nitrogens with one attached hydrogen (secondary N) is 2. The Balaban J connectivity index is 1.54. The highest BCUT2D eigenvalue weighted by Gasteiger charge is 2.18. The SMILES string of the molecule is COc1ccc(C(=O)Nc2cc(Cl)cc(O)c2NC(=O)c2ccc(-c3nccn(CCN(C)C)c3=O)cc2)cc1. The smallest absolute Gasteiger partial charge is 0.277 e. The lowest BCUT2D eigenvalue weighted by atomic mass is 10.1. The number of ether oxygens (including phenoxy) is 1. The van der Waals surface area contributed by atoms with Crippen LogP contribution in [-0.2, 0) is 6.54 Å². The Labute approximate surface area is 235 Å². The third-order valence-corrected chi connectivity index (χ3v) is 6.26. The van der Waals surface area contributed by atoms with Crippen LogP contribution in [0.15, 0.2) is 77.9 Å². The normalized spacial score (nSPS) is 10.8. The molecule has 3 aromatic carbocycles. The van der Waals surface area contributed by atoms with Gasteiger partial charge in [0.1, 0.15) is 22.9 Å². The highest BCUT2D eigenvalue weighted by Crippen LogP contribution is 2.36. The van der Waals surface area contributed by atoms with Crippen LogP contribution < -0.4 is 20.9 Å². The molecule has 0 bridgehead atoms. The number of methoxy groups -OCH3 is 1. The summed E-state index contributed by atoms with van der Waals surface area (Å²) in [5.41, 5.74) is 1.29. The van der Waals surface area contributed by atoms with E-state index in [1.54, 1.807) is 65.5 Å². The van der Waals surface area contributed by atoms with Gasteiger partial charge in [-0.15, -0.1) is 0 Å². The van der Waals surface area contributed by atoms with E-state index in [-0.39, 0.29) is 39.0 Å². The Kier molecular flexibility index (Phi) is 8.83. The first-order valence-corrected chi connectivity index (χ1v) is 12.6. The predicted octanol–water partition coefficient (Wildman–Crippen LogP) is 4.34. The van der Waals surface area contributed by atoms with Crippen molar-refractivity contribution in [3.63, 3.8) is 0 Å². The molecule has 0 aliphatic heterocycles. The Morgan fingerprint density at radius 2 is 1.62 bits per heavy atom. The number of benzene rings is 3. The van der Waals surface area contributed by atoms with Gasteiger partial charge in [0.2, 0.25) is 0 Å². The summed E-state index contributed by atoms with van der Waals surface area (Å²) in [6, 6.07) is 15.5. The van der Waals surface area contributed by atoms with Gasteiger partial charge in [-0.2, -0.15) is 0 Å². The van der Waals surface area contributed by atoms with Gasteiger partial charge < -0.3 is 29.9 Å². The van der Waals surface area contributed by atoms with E-state index in [4.69, 9.17) is 16.3 Å². The van der Waals surface area contributed by atoms with Crippen molar-refractivity contribution in [2.45, 2.75) is 6.54 Å². The molecule has 2 amide bonds. The molecular formula is C29H28ClN5O5. The predicted molar refractivity (Wildman–Crippen MR) is 155 cm³/mol. The van der Waals surface area contributed by atoms with E-state index in [1.165, 1.54) is 19.2 Å². The minimum atomic E-state index is -0.548. The molecule has 0 aliphatic rings. The number of rotatable bonds is 9. The van der Waals surface area contributed by atoms with Gasteiger partial charge in [-0.05, 0) is 56.6 Å². The maximum atomic E-state index is 13.1. The van der Waals surface area contributed by atoms with Crippen LogP contribution in [0.4, 0.5) is 11.4 Å². The fourth-order valence-corrected chi connectivity index (χ4v) is 4.07. The van der Waals surface area contributed by atoms with Gasteiger partial charge in [0.05, 0.1) is 12.8 Å². The maximum Gasteiger partial charge on any atom is 0.277 e. The second-order valence-corrected chi connectivity index (χ2v) is 9.58.